The van der Waals surface area contributed by atoms with Crippen molar-refractivity contribution in [2.75, 3.05) is 13.2 Å². The first-order valence-electron chi connectivity index (χ1n) is 6.63. The predicted octanol–water partition coefficient (Wildman–Crippen LogP) is 3.47. The van der Waals surface area contributed by atoms with E-state index in [-0.39, 0.29) is 31.2 Å². The summed E-state index contributed by atoms with van der Waals surface area (Å²) in [6.45, 7) is 0.348. The van der Waals surface area contributed by atoms with E-state index in [2.05, 4.69) is 21.2 Å². The molecule has 0 aromatic heterocycles. The average Bonchev–Trinajstić information content (AvgIpc) is 2.48. The Hall–Kier alpha value is -1.95. The van der Waals surface area contributed by atoms with Crippen LogP contribution in [0.2, 0.25) is 0 Å². The Morgan fingerprint density at radius 1 is 1.14 bits per heavy atom. The SMILES string of the molecule is O=C(Cc1ccc(Br)cc1)NCCOc1ccc(F)cc1F. The summed E-state index contributed by atoms with van der Waals surface area (Å²) >= 11 is 3.32. The van der Waals surface area contributed by atoms with Crippen molar-refractivity contribution in [3.63, 3.8) is 0 Å². The van der Waals surface area contributed by atoms with E-state index >= 15 is 0 Å². The van der Waals surface area contributed by atoms with Crippen LogP contribution in [0, 0.1) is 11.6 Å². The average molecular weight is 370 g/mol. The lowest BCUT2D eigenvalue weighted by Gasteiger charge is -2.08. The Kier molecular flexibility index (Phi) is 5.89. The molecule has 0 bridgehead atoms. The molecule has 0 aliphatic carbocycles. The third-order valence-electron chi connectivity index (χ3n) is 2.85. The Labute approximate surface area is 135 Å². The number of hydrogen-bond donors (Lipinski definition) is 1. The van der Waals surface area contributed by atoms with Gasteiger partial charge in [0.1, 0.15) is 12.4 Å². The molecule has 0 fully saturated rings. The molecule has 0 saturated heterocycles. The van der Waals surface area contributed by atoms with E-state index in [1.807, 2.05) is 24.3 Å². The number of ether oxygens (including phenoxy) is 1. The number of amides is 1. The second-order valence-electron chi connectivity index (χ2n) is 4.58. The maximum atomic E-state index is 13.3. The molecule has 0 aliphatic rings. The van der Waals surface area contributed by atoms with E-state index in [4.69, 9.17) is 4.74 Å². The van der Waals surface area contributed by atoms with E-state index in [9.17, 15) is 13.6 Å². The molecule has 1 N–H and O–H groups in total. The van der Waals surface area contributed by atoms with Crippen molar-refractivity contribution in [1.82, 2.24) is 5.32 Å². The summed E-state index contributed by atoms with van der Waals surface area (Å²) in [6.07, 6.45) is 0.262. The van der Waals surface area contributed by atoms with Crippen molar-refractivity contribution < 1.29 is 18.3 Å². The van der Waals surface area contributed by atoms with Gasteiger partial charge < -0.3 is 10.1 Å². The van der Waals surface area contributed by atoms with Gasteiger partial charge in [0.15, 0.2) is 11.6 Å². The van der Waals surface area contributed by atoms with Crippen LogP contribution in [0.15, 0.2) is 46.9 Å². The summed E-state index contributed by atoms with van der Waals surface area (Å²) in [5.41, 5.74) is 0.895. The van der Waals surface area contributed by atoms with Gasteiger partial charge in [-0.05, 0) is 29.8 Å². The Morgan fingerprint density at radius 3 is 2.55 bits per heavy atom. The lowest BCUT2D eigenvalue weighted by atomic mass is 10.1. The first-order valence-corrected chi connectivity index (χ1v) is 7.43. The predicted molar refractivity (Wildman–Crippen MR) is 82.7 cm³/mol. The molecule has 6 heteroatoms. The molecule has 1 amide bonds. The van der Waals surface area contributed by atoms with Crippen molar-refractivity contribution in [2.45, 2.75) is 6.42 Å². The number of carbonyl (C=O) groups is 1. The maximum absolute atomic E-state index is 13.3. The van der Waals surface area contributed by atoms with Crippen LogP contribution in [0.3, 0.4) is 0 Å². The topological polar surface area (TPSA) is 38.3 Å². The highest BCUT2D eigenvalue weighted by atomic mass is 79.9. The molecular formula is C16H14BrF2NO2. The third-order valence-corrected chi connectivity index (χ3v) is 3.38. The minimum Gasteiger partial charge on any atom is -0.489 e. The van der Waals surface area contributed by atoms with Crippen LogP contribution in [0.5, 0.6) is 5.75 Å². The van der Waals surface area contributed by atoms with Gasteiger partial charge in [0.2, 0.25) is 5.91 Å². The number of halogens is 3. The molecule has 2 aromatic rings. The van der Waals surface area contributed by atoms with Gasteiger partial charge in [-0.25, -0.2) is 8.78 Å². The summed E-state index contributed by atoms with van der Waals surface area (Å²) in [4.78, 5) is 11.7. The van der Waals surface area contributed by atoms with E-state index in [1.54, 1.807) is 0 Å². The van der Waals surface area contributed by atoms with Gasteiger partial charge in [-0.3, -0.25) is 4.79 Å². The van der Waals surface area contributed by atoms with Crippen LogP contribution in [-0.2, 0) is 11.2 Å². The van der Waals surface area contributed by atoms with Crippen LogP contribution in [0.4, 0.5) is 8.78 Å². The van der Waals surface area contributed by atoms with Crippen molar-refractivity contribution in [3.05, 3.63) is 64.1 Å². The smallest absolute Gasteiger partial charge is 0.224 e. The second kappa shape index (κ2) is 7.89. The Balaban J connectivity index is 1.72. The van der Waals surface area contributed by atoms with Crippen LogP contribution < -0.4 is 10.1 Å². The molecule has 0 heterocycles. The summed E-state index contributed by atoms with van der Waals surface area (Å²) in [5, 5.41) is 2.67. The van der Waals surface area contributed by atoms with Crippen LogP contribution >= 0.6 is 15.9 Å². The molecule has 22 heavy (non-hydrogen) atoms. The van der Waals surface area contributed by atoms with E-state index < -0.39 is 11.6 Å². The lowest BCUT2D eigenvalue weighted by molar-refractivity contribution is -0.120. The number of nitrogens with one attached hydrogen (secondary N) is 1. The van der Waals surface area contributed by atoms with Gasteiger partial charge in [0.05, 0.1) is 13.0 Å². The fourth-order valence-electron chi connectivity index (χ4n) is 1.79. The highest BCUT2D eigenvalue weighted by Crippen LogP contribution is 2.17. The quantitative estimate of drug-likeness (QED) is 0.791. The zero-order valence-corrected chi connectivity index (χ0v) is 13.2. The minimum atomic E-state index is -0.763. The van der Waals surface area contributed by atoms with E-state index in [1.165, 1.54) is 6.07 Å². The van der Waals surface area contributed by atoms with E-state index in [0.717, 1.165) is 22.2 Å². The van der Waals surface area contributed by atoms with Gasteiger partial charge >= 0.3 is 0 Å². The number of rotatable bonds is 6. The normalized spacial score (nSPS) is 10.3. The minimum absolute atomic E-state index is 0.0384. The lowest BCUT2D eigenvalue weighted by Crippen LogP contribution is -2.29. The molecular weight excluding hydrogens is 356 g/mol. The monoisotopic (exact) mass is 369 g/mol. The molecule has 0 aliphatic heterocycles. The first-order chi connectivity index (χ1) is 10.5. The van der Waals surface area contributed by atoms with Crippen LogP contribution in [-0.4, -0.2) is 19.1 Å². The molecule has 0 unspecified atom stereocenters. The maximum Gasteiger partial charge on any atom is 0.224 e. The van der Waals surface area contributed by atoms with Crippen LogP contribution in [0.25, 0.3) is 0 Å². The Morgan fingerprint density at radius 2 is 1.86 bits per heavy atom. The van der Waals surface area contributed by atoms with Gasteiger partial charge in [-0.1, -0.05) is 28.1 Å². The van der Waals surface area contributed by atoms with Gasteiger partial charge in [0, 0.05) is 10.5 Å². The zero-order chi connectivity index (χ0) is 15.9. The molecule has 0 spiro atoms. The molecule has 0 radical (unpaired) electrons. The number of hydrogen-bond acceptors (Lipinski definition) is 2. The molecule has 2 rings (SSSR count). The highest BCUT2D eigenvalue weighted by molar-refractivity contribution is 9.10. The van der Waals surface area contributed by atoms with Crippen molar-refractivity contribution >= 4 is 21.8 Å². The molecule has 116 valence electrons. The highest BCUT2D eigenvalue weighted by Gasteiger charge is 2.06. The van der Waals surface area contributed by atoms with Gasteiger partial charge in [0.25, 0.3) is 0 Å². The van der Waals surface area contributed by atoms with Crippen LogP contribution in [0.1, 0.15) is 5.56 Å². The Bertz CT molecular complexity index is 647. The number of benzene rings is 2. The zero-order valence-electron chi connectivity index (χ0n) is 11.6. The standard InChI is InChI=1S/C16H14BrF2NO2/c17-12-3-1-11(2-4-12)9-16(21)20-7-8-22-15-6-5-13(18)10-14(15)19/h1-6,10H,7-9H2,(H,20,21). The number of carbonyl (C=O) groups excluding carboxylic acids is 1. The molecule has 0 atom stereocenters. The first kappa shape index (κ1) is 16.4. The molecule has 0 saturated carbocycles. The van der Waals surface area contributed by atoms with Gasteiger partial charge in [-0.2, -0.15) is 0 Å². The van der Waals surface area contributed by atoms with E-state index in [0.29, 0.717) is 0 Å². The van der Waals surface area contributed by atoms with Crippen molar-refractivity contribution in [2.24, 2.45) is 0 Å². The van der Waals surface area contributed by atoms with Crippen molar-refractivity contribution in [1.29, 1.82) is 0 Å². The fourth-order valence-corrected chi connectivity index (χ4v) is 2.06. The summed E-state index contributed by atoms with van der Waals surface area (Å²) < 4.78 is 32.1. The largest absolute Gasteiger partial charge is 0.489 e. The van der Waals surface area contributed by atoms with Gasteiger partial charge in [-0.15, -0.1) is 0 Å². The summed E-state index contributed by atoms with van der Waals surface area (Å²) in [6, 6.07) is 10.5. The summed E-state index contributed by atoms with van der Waals surface area (Å²) in [7, 11) is 0. The third kappa shape index (κ3) is 5.11. The second-order valence-corrected chi connectivity index (χ2v) is 5.49. The fraction of sp³-hybridized carbons (Fsp3) is 0.188. The molecule has 3 nitrogen and oxygen atoms in total. The van der Waals surface area contributed by atoms with Crippen molar-refractivity contribution in [3.8, 4) is 5.75 Å². The molecule has 2 aromatic carbocycles. The summed E-state index contributed by atoms with van der Waals surface area (Å²) in [5.74, 6) is -1.61.